The number of carbonyl (C=O) groups is 1. The van der Waals surface area contributed by atoms with Crippen LogP contribution in [0.4, 0.5) is 15.8 Å². The van der Waals surface area contributed by atoms with Crippen LogP contribution in [-0.2, 0) is 4.79 Å². The molecule has 1 fully saturated rings. The van der Waals surface area contributed by atoms with Gasteiger partial charge in [0, 0.05) is 34.6 Å². The normalized spacial score (nSPS) is 16.2. The number of pyridine rings is 1. The van der Waals surface area contributed by atoms with Crippen molar-refractivity contribution in [1.82, 2.24) is 14.9 Å². The van der Waals surface area contributed by atoms with Gasteiger partial charge in [0.25, 0.3) is 5.91 Å². The summed E-state index contributed by atoms with van der Waals surface area (Å²) in [5.41, 5.74) is 6.11. The maximum absolute atomic E-state index is 14.2. The van der Waals surface area contributed by atoms with Gasteiger partial charge in [-0.1, -0.05) is 30.3 Å². The monoisotopic (exact) mass is 591 g/mol. The van der Waals surface area contributed by atoms with Gasteiger partial charge < -0.3 is 24.8 Å². The lowest BCUT2D eigenvalue weighted by atomic mass is 9.96. The van der Waals surface area contributed by atoms with E-state index in [-0.39, 0.29) is 30.4 Å². The van der Waals surface area contributed by atoms with Crippen LogP contribution in [0, 0.1) is 19.7 Å². The highest BCUT2D eigenvalue weighted by Crippen LogP contribution is 2.44. The van der Waals surface area contributed by atoms with Gasteiger partial charge in [0.15, 0.2) is 11.7 Å². The Bertz CT molecular complexity index is 1760. The smallest absolute Gasteiger partial charge is 0.262 e. The predicted octanol–water partition coefficient (Wildman–Crippen LogP) is 6.82. The average Bonchev–Trinajstić information content (AvgIpc) is 3.52. The Kier molecular flexibility index (Phi) is 7.89. The molecule has 2 N–H and O–H groups in total. The van der Waals surface area contributed by atoms with Crippen molar-refractivity contribution < 1.29 is 13.9 Å². The number of aryl methyl sites for hydroxylation is 1. The molecule has 1 aliphatic rings. The molecule has 0 spiro atoms. The summed E-state index contributed by atoms with van der Waals surface area (Å²) in [6.07, 6.45) is 1.77. The van der Waals surface area contributed by atoms with Crippen molar-refractivity contribution in [1.29, 1.82) is 0 Å². The van der Waals surface area contributed by atoms with Crippen LogP contribution in [0.2, 0.25) is 0 Å². The predicted molar refractivity (Wildman–Crippen MR) is 170 cm³/mol. The second-order valence-corrected chi connectivity index (χ2v) is 10.7. The van der Waals surface area contributed by atoms with E-state index in [1.165, 1.54) is 12.1 Å². The first-order valence-electron chi connectivity index (χ1n) is 13.9. The Labute approximate surface area is 255 Å². The highest BCUT2D eigenvalue weighted by Gasteiger charge is 2.42. The first-order valence-corrected chi connectivity index (χ1v) is 14.3. The van der Waals surface area contributed by atoms with Crippen molar-refractivity contribution in [3.63, 3.8) is 0 Å². The van der Waals surface area contributed by atoms with Crippen LogP contribution in [0.1, 0.15) is 34.7 Å². The molecule has 43 heavy (non-hydrogen) atoms. The highest BCUT2D eigenvalue weighted by atomic mass is 32.1. The minimum absolute atomic E-state index is 0.0966. The number of para-hydroxylation sites is 1. The molecule has 0 aliphatic carbocycles. The molecule has 3 heterocycles. The Morgan fingerprint density at radius 3 is 2.44 bits per heavy atom. The minimum atomic E-state index is -0.290. The van der Waals surface area contributed by atoms with Crippen molar-refractivity contribution in [3.05, 3.63) is 138 Å². The number of amides is 1. The van der Waals surface area contributed by atoms with E-state index >= 15 is 0 Å². The fourth-order valence-corrected chi connectivity index (χ4v) is 5.96. The number of carbonyl (C=O) groups excluding carboxylic acids is 1. The number of nitrogens with zero attached hydrogens (tertiary/aromatic N) is 3. The van der Waals surface area contributed by atoms with Crippen molar-refractivity contribution in [2.24, 2.45) is 0 Å². The fraction of sp³-hybridized carbons (Fsp3) is 0.147. The van der Waals surface area contributed by atoms with Crippen LogP contribution in [0.3, 0.4) is 0 Å². The molecule has 3 aromatic carbocycles. The number of halogens is 1. The van der Waals surface area contributed by atoms with Crippen LogP contribution in [-0.4, -0.2) is 27.2 Å². The number of aromatic nitrogens is 2. The lowest BCUT2D eigenvalue weighted by molar-refractivity contribution is -0.118. The van der Waals surface area contributed by atoms with Gasteiger partial charge in [-0.25, -0.2) is 4.39 Å². The largest absolute Gasteiger partial charge is 0.484 e. The minimum Gasteiger partial charge on any atom is -0.484 e. The number of hydrogen-bond acceptors (Lipinski definition) is 4. The van der Waals surface area contributed by atoms with E-state index in [0.717, 1.165) is 34.0 Å². The second-order valence-electron chi connectivity index (χ2n) is 10.3. The number of hydrogen-bond donors (Lipinski definition) is 2. The lowest BCUT2D eigenvalue weighted by Crippen LogP contribution is -2.29. The molecular weight excluding hydrogens is 561 g/mol. The fourth-order valence-electron chi connectivity index (χ4n) is 5.62. The Morgan fingerprint density at radius 1 is 0.953 bits per heavy atom. The number of ether oxygens (including phenoxy) is 1. The number of rotatable bonds is 8. The van der Waals surface area contributed by atoms with Gasteiger partial charge in [-0.05, 0) is 104 Å². The van der Waals surface area contributed by atoms with Gasteiger partial charge in [-0.2, -0.15) is 0 Å². The molecule has 1 aliphatic heterocycles. The molecular formula is C34H30FN5O2S. The van der Waals surface area contributed by atoms with Gasteiger partial charge in [0.1, 0.15) is 11.6 Å². The van der Waals surface area contributed by atoms with Crippen LogP contribution in [0.25, 0.3) is 5.69 Å². The standard InChI is InChI=1S/C34H30FN5O2S/c1-22-19-29(23(2)39(22)27-10-8-9-24(35)20-27)33-32(30-13-6-7-18-36-30)38-34(43)40(33)26-16-14-25(15-17-26)37-31(41)21-42-28-11-4-3-5-12-28/h3-20,32-33H,21H2,1-2H3,(H,37,41)(H,38,43)/t32-,33-/m0/s1. The van der Waals surface area contributed by atoms with Crippen molar-refractivity contribution in [2.45, 2.75) is 25.9 Å². The first kappa shape index (κ1) is 28.1. The second kappa shape index (κ2) is 12.1. The maximum atomic E-state index is 14.2. The van der Waals surface area contributed by atoms with E-state index in [9.17, 15) is 9.18 Å². The van der Waals surface area contributed by atoms with Crippen LogP contribution < -0.4 is 20.3 Å². The molecule has 2 atom stereocenters. The molecule has 6 rings (SSSR count). The zero-order valence-electron chi connectivity index (χ0n) is 23.7. The van der Waals surface area contributed by atoms with Crippen molar-refractivity contribution >= 4 is 34.6 Å². The Morgan fingerprint density at radius 2 is 1.72 bits per heavy atom. The quantitative estimate of drug-likeness (QED) is 0.193. The van der Waals surface area contributed by atoms with E-state index in [1.807, 2.05) is 80.6 Å². The summed E-state index contributed by atoms with van der Waals surface area (Å²) >= 11 is 5.90. The third-order valence-electron chi connectivity index (χ3n) is 7.50. The summed E-state index contributed by atoms with van der Waals surface area (Å²) in [6, 6.07) is 30.8. The summed E-state index contributed by atoms with van der Waals surface area (Å²) in [5.74, 6) is 0.0863. The van der Waals surface area contributed by atoms with Crippen molar-refractivity contribution in [2.75, 3.05) is 16.8 Å². The summed E-state index contributed by atoms with van der Waals surface area (Å²) < 4.78 is 21.8. The summed E-state index contributed by atoms with van der Waals surface area (Å²) in [7, 11) is 0. The third kappa shape index (κ3) is 5.85. The molecule has 7 nitrogen and oxygen atoms in total. The topological polar surface area (TPSA) is 71.4 Å². The van der Waals surface area contributed by atoms with E-state index in [2.05, 4.69) is 31.2 Å². The van der Waals surface area contributed by atoms with Crippen LogP contribution >= 0.6 is 12.2 Å². The molecule has 5 aromatic rings. The SMILES string of the molecule is Cc1cc([C@H]2[C@H](c3ccccn3)NC(=S)N2c2ccc(NC(=O)COc3ccccc3)cc2)c(C)n1-c1cccc(F)c1. The molecule has 9 heteroatoms. The molecule has 0 saturated carbocycles. The van der Waals surface area contributed by atoms with Gasteiger partial charge in [-0.3, -0.25) is 9.78 Å². The van der Waals surface area contributed by atoms with Crippen LogP contribution in [0.5, 0.6) is 5.75 Å². The van der Waals surface area contributed by atoms with E-state index in [1.54, 1.807) is 24.4 Å². The number of nitrogens with one attached hydrogen (secondary N) is 2. The van der Waals surface area contributed by atoms with Gasteiger partial charge in [-0.15, -0.1) is 0 Å². The van der Waals surface area contributed by atoms with Crippen molar-refractivity contribution in [3.8, 4) is 11.4 Å². The zero-order chi connectivity index (χ0) is 29.9. The molecule has 2 aromatic heterocycles. The molecule has 0 unspecified atom stereocenters. The Balaban J connectivity index is 1.31. The summed E-state index contributed by atoms with van der Waals surface area (Å²) in [5, 5.41) is 6.94. The zero-order valence-corrected chi connectivity index (χ0v) is 24.5. The number of thiocarbonyl (C=S) groups is 1. The lowest BCUT2D eigenvalue weighted by Gasteiger charge is -2.28. The molecule has 1 amide bonds. The van der Waals surface area contributed by atoms with E-state index in [0.29, 0.717) is 16.5 Å². The third-order valence-corrected chi connectivity index (χ3v) is 7.81. The summed E-state index contributed by atoms with van der Waals surface area (Å²) in [4.78, 5) is 19.2. The summed E-state index contributed by atoms with van der Waals surface area (Å²) in [6.45, 7) is 3.96. The maximum Gasteiger partial charge on any atom is 0.262 e. The molecule has 0 radical (unpaired) electrons. The van der Waals surface area contributed by atoms with Crippen LogP contribution in [0.15, 0.2) is 109 Å². The first-order chi connectivity index (χ1) is 20.9. The number of anilines is 2. The molecule has 0 bridgehead atoms. The average molecular weight is 592 g/mol. The van der Waals surface area contributed by atoms with Gasteiger partial charge >= 0.3 is 0 Å². The van der Waals surface area contributed by atoms with Gasteiger partial charge in [0.05, 0.1) is 17.8 Å². The Hall–Kier alpha value is -5.02. The van der Waals surface area contributed by atoms with E-state index in [4.69, 9.17) is 17.0 Å². The van der Waals surface area contributed by atoms with E-state index < -0.39 is 0 Å². The molecule has 216 valence electrons. The highest BCUT2D eigenvalue weighted by molar-refractivity contribution is 7.80. The van der Waals surface area contributed by atoms with Gasteiger partial charge in [0.2, 0.25) is 0 Å². The number of benzene rings is 3. The molecule has 1 saturated heterocycles.